The summed E-state index contributed by atoms with van der Waals surface area (Å²) >= 11 is 1.43. The van der Waals surface area contributed by atoms with E-state index in [0.717, 1.165) is 25.0 Å². The van der Waals surface area contributed by atoms with Crippen LogP contribution in [0.3, 0.4) is 0 Å². The molecule has 0 unspecified atom stereocenters. The van der Waals surface area contributed by atoms with Crippen LogP contribution in [0.15, 0.2) is 5.38 Å². The van der Waals surface area contributed by atoms with Gasteiger partial charge in [0.25, 0.3) is 0 Å². The molecule has 1 aromatic rings. The second-order valence-electron chi connectivity index (χ2n) is 3.21. The van der Waals surface area contributed by atoms with Crippen molar-refractivity contribution in [2.45, 2.75) is 32.6 Å². The van der Waals surface area contributed by atoms with Gasteiger partial charge in [-0.3, -0.25) is 4.79 Å². The number of rotatable bonds is 6. The number of hydrogen-bond acceptors (Lipinski definition) is 4. The van der Waals surface area contributed by atoms with Gasteiger partial charge in [-0.1, -0.05) is 13.3 Å². The minimum atomic E-state index is 0.167. The van der Waals surface area contributed by atoms with Crippen molar-refractivity contribution in [2.75, 3.05) is 6.54 Å². The number of nitrogens with zero attached hydrogens (tertiary/aromatic N) is 1. The fourth-order valence-corrected chi connectivity index (χ4v) is 1.96. The second-order valence-corrected chi connectivity index (χ2v) is 4.07. The van der Waals surface area contributed by atoms with Gasteiger partial charge in [0.05, 0.1) is 5.69 Å². The molecule has 0 aromatic carbocycles. The first-order chi connectivity index (χ1) is 6.77. The van der Waals surface area contributed by atoms with E-state index in [1.54, 1.807) is 0 Å². The van der Waals surface area contributed by atoms with Gasteiger partial charge in [0.15, 0.2) is 10.8 Å². The quantitative estimate of drug-likeness (QED) is 0.734. The molecular weight excluding hydrogens is 196 g/mol. The molecule has 78 valence electrons. The summed E-state index contributed by atoms with van der Waals surface area (Å²) in [4.78, 5) is 15.8. The lowest BCUT2D eigenvalue weighted by Crippen LogP contribution is -2.04. The Hall–Kier alpha value is -0.740. The van der Waals surface area contributed by atoms with Crippen molar-refractivity contribution in [2.24, 2.45) is 5.73 Å². The fourth-order valence-electron chi connectivity index (χ4n) is 1.14. The number of ketones is 1. The van der Waals surface area contributed by atoms with E-state index in [1.165, 1.54) is 11.3 Å². The van der Waals surface area contributed by atoms with Crippen LogP contribution in [0.5, 0.6) is 0 Å². The molecule has 0 radical (unpaired) electrons. The van der Waals surface area contributed by atoms with Gasteiger partial charge < -0.3 is 5.73 Å². The molecule has 0 spiro atoms. The van der Waals surface area contributed by atoms with Gasteiger partial charge in [-0.15, -0.1) is 11.3 Å². The van der Waals surface area contributed by atoms with Crippen LogP contribution in [-0.4, -0.2) is 17.3 Å². The molecule has 0 bridgehead atoms. The first kappa shape index (κ1) is 11.3. The monoisotopic (exact) mass is 212 g/mol. The normalized spacial score (nSPS) is 10.4. The molecule has 1 aromatic heterocycles. The molecule has 14 heavy (non-hydrogen) atoms. The Morgan fingerprint density at radius 3 is 3.07 bits per heavy atom. The smallest absolute Gasteiger partial charge is 0.191 e. The lowest BCUT2D eigenvalue weighted by molar-refractivity contribution is 0.0979. The molecule has 0 amide bonds. The van der Waals surface area contributed by atoms with Crippen molar-refractivity contribution in [3.8, 4) is 0 Å². The minimum Gasteiger partial charge on any atom is -0.330 e. The number of nitrogens with two attached hydrogens (primary N) is 1. The summed E-state index contributed by atoms with van der Waals surface area (Å²) in [6.07, 6.45) is 3.38. The summed E-state index contributed by atoms with van der Waals surface area (Å²) < 4.78 is 0. The number of hydrogen-bond donors (Lipinski definition) is 1. The van der Waals surface area contributed by atoms with Gasteiger partial charge in [-0.25, -0.2) is 4.98 Å². The maximum Gasteiger partial charge on any atom is 0.191 e. The van der Waals surface area contributed by atoms with Gasteiger partial charge >= 0.3 is 0 Å². The molecule has 0 saturated heterocycles. The summed E-state index contributed by atoms with van der Waals surface area (Å²) in [6, 6.07) is 0. The summed E-state index contributed by atoms with van der Waals surface area (Å²) in [5.41, 5.74) is 6.35. The number of unbranched alkanes of at least 4 members (excludes halogenated alkanes) is 1. The molecule has 0 atom stereocenters. The van der Waals surface area contributed by atoms with Crippen molar-refractivity contribution in [3.63, 3.8) is 0 Å². The van der Waals surface area contributed by atoms with E-state index >= 15 is 0 Å². The highest BCUT2D eigenvalue weighted by Crippen LogP contribution is 2.13. The fraction of sp³-hybridized carbons (Fsp3) is 0.600. The summed E-state index contributed by atoms with van der Waals surface area (Å²) in [6.45, 7) is 2.67. The average molecular weight is 212 g/mol. The molecule has 0 saturated carbocycles. The number of aromatic nitrogens is 1. The topological polar surface area (TPSA) is 56.0 Å². The van der Waals surface area contributed by atoms with Crippen LogP contribution in [0, 0.1) is 0 Å². The van der Waals surface area contributed by atoms with Crippen LogP contribution in [0.1, 0.15) is 41.7 Å². The zero-order chi connectivity index (χ0) is 10.4. The molecule has 1 rings (SSSR count). The number of thiazole rings is 1. The van der Waals surface area contributed by atoms with Gasteiger partial charge in [0.2, 0.25) is 0 Å². The lowest BCUT2D eigenvalue weighted by atomic mass is 10.2. The van der Waals surface area contributed by atoms with E-state index < -0.39 is 0 Å². The van der Waals surface area contributed by atoms with Crippen LogP contribution >= 0.6 is 11.3 Å². The SMILES string of the molecule is CCCCC(=O)c1nc(CCN)cs1. The third kappa shape index (κ3) is 3.20. The first-order valence-corrected chi connectivity index (χ1v) is 5.83. The second kappa shape index (κ2) is 5.88. The van der Waals surface area contributed by atoms with Gasteiger partial charge in [0, 0.05) is 18.2 Å². The third-order valence-corrected chi connectivity index (χ3v) is 2.88. The zero-order valence-corrected chi connectivity index (χ0v) is 9.27. The molecule has 3 nitrogen and oxygen atoms in total. The lowest BCUT2D eigenvalue weighted by Gasteiger charge is -1.93. The maximum atomic E-state index is 11.5. The van der Waals surface area contributed by atoms with E-state index in [-0.39, 0.29) is 5.78 Å². The number of carbonyl (C=O) groups excluding carboxylic acids is 1. The number of carbonyl (C=O) groups is 1. The molecular formula is C10H16N2OS. The van der Waals surface area contributed by atoms with Crippen molar-refractivity contribution in [1.82, 2.24) is 4.98 Å². The standard InChI is InChI=1S/C10H16N2OS/c1-2-3-4-9(13)10-12-8(5-6-11)7-14-10/h7H,2-6,11H2,1H3. The predicted molar refractivity (Wildman–Crippen MR) is 58.7 cm³/mol. The van der Waals surface area contributed by atoms with Crippen molar-refractivity contribution < 1.29 is 4.79 Å². The largest absolute Gasteiger partial charge is 0.330 e. The number of Topliss-reactive ketones (excluding diaryl/α,β-unsaturated/α-hetero) is 1. The van der Waals surface area contributed by atoms with Crippen LogP contribution < -0.4 is 5.73 Å². The Morgan fingerprint density at radius 2 is 2.43 bits per heavy atom. The van der Waals surface area contributed by atoms with Gasteiger partial charge in [-0.05, 0) is 13.0 Å². The predicted octanol–water partition coefficient (Wildman–Crippen LogP) is 2.02. The maximum absolute atomic E-state index is 11.5. The molecule has 2 N–H and O–H groups in total. The average Bonchev–Trinajstić information content (AvgIpc) is 2.63. The van der Waals surface area contributed by atoms with E-state index in [0.29, 0.717) is 18.0 Å². The highest BCUT2D eigenvalue weighted by Gasteiger charge is 2.09. The van der Waals surface area contributed by atoms with Crippen molar-refractivity contribution >= 4 is 17.1 Å². The zero-order valence-electron chi connectivity index (χ0n) is 8.45. The van der Waals surface area contributed by atoms with Crippen LogP contribution in [0.4, 0.5) is 0 Å². The summed E-state index contributed by atoms with van der Waals surface area (Å²) in [7, 11) is 0. The Bertz CT molecular complexity index is 296. The van der Waals surface area contributed by atoms with Crippen LogP contribution in [0.25, 0.3) is 0 Å². The Balaban J connectivity index is 2.53. The van der Waals surface area contributed by atoms with Crippen molar-refractivity contribution in [3.05, 3.63) is 16.1 Å². The molecule has 0 aliphatic carbocycles. The van der Waals surface area contributed by atoms with Crippen LogP contribution in [0.2, 0.25) is 0 Å². The van der Waals surface area contributed by atoms with Crippen LogP contribution in [-0.2, 0) is 6.42 Å². The summed E-state index contributed by atoms with van der Waals surface area (Å²) in [5, 5.41) is 2.56. The Morgan fingerprint density at radius 1 is 1.64 bits per heavy atom. The Kier molecular flexibility index (Phi) is 4.76. The third-order valence-electron chi connectivity index (χ3n) is 1.95. The highest BCUT2D eigenvalue weighted by atomic mass is 32.1. The molecule has 0 fully saturated rings. The van der Waals surface area contributed by atoms with E-state index in [4.69, 9.17) is 5.73 Å². The van der Waals surface area contributed by atoms with Crippen molar-refractivity contribution in [1.29, 1.82) is 0 Å². The first-order valence-electron chi connectivity index (χ1n) is 4.95. The van der Waals surface area contributed by atoms with Gasteiger partial charge in [-0.2, -0.15) is 0 Å². The Labute approximate surface area is 88.3 Å². The van der Waals surface area contributed by atoms with Gasteiger partial charge in [0.1, 0.15) is 0 Å². The van der Waals surface area contributed by atoms with E-state index in [2.05, 4.69) is 11.9 Å². The minimum absolute atomic E-state index is 0.167. The highest BCUT2D eigenvalue weighted by molar-refractivity contribution is 7.11. The summed E-state index contributed by atoms with van der Waals surface area (Å²) in [5.74, 6) is 0.167. The van der Waals surface area contributed by atoms with E-state index in [9.17, 15) is 4.79 Å². The molecule has 0 aliphatic rings. The molecule has 1 heterocycles. The van der Waals surface area contributed by atoms with E-state index in [1.807, 2.05) is 5.38 Å². The molecule has 4 heteroatoms. The molecule has 0 aliphatic heterocycles.